The van der Waals surface area contributed by atoms with Crippen LogP contribution in [0.1, 0.15) is 13.3 Å². The Morgan fingerprint density at radius 2 is 2.06 bits per heavy atom. The molecule has 0 unspecified atom stereocenters. The Morgan fingerprint density at radius 3 is 2.31 bits per heavy atom. The van der Waals surface area contributed by atoms with E-state index in [9.17, 15) is 8.42 Å². The summed E-state index contributed by atoms with van der Waals surface area (Å²) in [5.74, 6) is -0.354. The highest BCUT2D eigenvalue weighted by Gasteiger charge is 2.04. The summed E-state index contributed by atoms with van der Waals surface area (Å²) in [4.78, 5) is 4.48. The number of nitrogens with two attached hydrogens (primary N) is 1. The predicted molar refractivity (Wildman–Crippen MR) is 64.2 cm³/mol. The van der Waals surface area contributed by atoms with E-state index in [1.165, 1.54) is 13.0 Å². The SMILES string of the molecule is CCCN1C=CN(C)C1.NCCS(=O)(=O)O. The van der Waals surface area contributed by atoms with Crippen LogP contribution in [-0.4, -0.2) is 55.3 Å². The molecule has 0 radical (unpaired) electrons. The summed E-state index contributed by atoms with van der Waals surface area (Å²) in [6.45, 7) is 4.42. The summed E-state index contributed by atoms with van der Waals surface area (Å²) in [5, 5.41) is 0. The van der Waals surface area contributed by atoms with Crippen molar-refractivity contribution < 1.29 is 13.0 Å². The van der Waals surface area contributed by atoms with Gasteiger partial charge in [-0.1, -0.05) is 6.92 Å². The van der Waals surface area contributed by atoms with Crippen LogP contribution >= 0.6 is 0 Å². The number of rotatable bonds is 4. The van der Waals surface area contributed by atoms with Gasteiger partial charge in [0, 0.05) is 32.5 Å². The summed E-state index contributed by atoms with van der Waals surface area (Å²) in [7, 11) is -1.71. The van der Waals surface area contributed by atoms with E-state index in [1.54, 1.807) is 0 Å². The van der Waals surface area contributed by atoms with Crippen LogP contribution in [0.15, 0.2) is 12.4 Å². The van der Waals surface area contributed by atoms with E-state index in [1.807, 2.05) is 0 Å². The monoisotopic (exact) mass is 251 g/mol. The number of hydrogen-bond acceptors (Lipinski definition) is 5. The Kier molecular flexibility index (Phi) is 7.11. The second-order valence-electron chi connectivity index (χ2n) is 3.58. The van der Waals surface area contributed by atoms with Gasteiger partial charge in [0.15, 0.2) is 0 Å². The minimum atomic E-state index is -3.80. The van der Waals surface area contributed by atoms with Crippen molar-refractivity contribution in [2.45, 2.75) is 13.3 Å². The van der Waals surface area contributed by atoms with Gasteiger partial charge in [0.2, 0.25) is 0 Å². The molecule has 0 aliphatic carbocycles. The lowest BCUT2D eigenvalue weighted by atomic mass is 10.4. The normalized spacial score (nSPS) is 15.0. The summed E-state index contributed by atoms with van der Waals surface area (Å²) in [6, 6.07) is 0. The maximum absolute atomic E-state index is 9.71. The minimum absolute atomic E-state index is 0.0289. The van der Waals surface area contributed by atoms with Crippen LogP contribution in [0.2, 0.25) is 0 Å². The van der Waals surface area contributed by atoms with Crippen LogP contribution in [-0.2, 0) is 10.1 Å². The maximum Gasteiger partial charge on any atom is 0.266 e. The molecule has 0 aromatic carbocycles. The molecule has 0 saturated carbocycles. The molecular formula is C9H21N3O3S. The molecule has 1 rings (SSSR count). The molecule has 6 nitrogen and oxygen atoms in total. The lowest BCUT2D eigenvalue weighted by molar-refractivity contribution is 0.297. The van der Waals surface area contributed by atoms with E-state index in [4.69, 9.17) is 10.3 Å². The van der Waals surface area contributed by atoms with Crippen LogP contribution < -0.4 is 5.73 Å². The highest BCUT2D eigenvalue weighted by molar-refractivity contribution is 7.85. The average molecular weight is 251 g/mol. The molecule has 0 fully saturated rings. The van der Waals surface area contributed by atoms with E-state index in [0.717, 1.165) is 6.67 Å². The summed E-state index contributed by atoms with van der Waals surface area (Å²) in [6.07, 6.45) is 5.48. The van der Waals surface area contributed by atoms with Gasteiger partial charge in [-0.15, -0.1) is 0 Å². The first-order chi connectivity index (χ1) is 7.39. The molecule has 0 aromatic heterocycles. The van der Waals surface area contributed by atoms with Crippen LogP contribution in [0.3, 0.4) is 0 Å². The lowest BCUT2D eigenvalue weighted by Gasteiger charge is -2.16. The zero-order valence-corrected chi connectivity index (χ0v) is 10.7. The van der Waals surface area contributed by atoms with E-state index < -0.39 is 10.1 Å². The van der Waals surface area contributed by atoms with Crippen LogP contribution in [0.25, 0.3) is 0 Å². The Balaban J connectivity index is 0.000000293. The van der Waals surface area contributed by atoms with Crippen molar-refractivity contribution >= 4 is 10.1 Å². The first-order valence-corrected chi connectivity index (χ1v) is 6.77. The fourth-order valence-corrected chi connectivity index (χ4v) is 1.47. The second kappa shape index (κ2) is 7.48. The Morgan fingerprint density at radius 1 is 1.44 bits per heavy atom. The fourth-order valence-electron chi connectivity index (χ4n) is 1.17. The van der Waals surface area contributed by atoms with Crippen molar-refractivity contribution in [3.05, 3.63) is 12.4 Å². The lowest BCUT2D eigenvalue weighted by Crippen LogP contribution is -2.22. The third-order valence-electron chi connectivity index (χ3n) is 1.82. The van der Waals surface area contributed by atoms with E-state index in [-0.39, 0.29) is 12.3 Å². The topological polar surface area (TPSA) is 86.9 Å². The molecule has 0 saturated heterocycles. The van der Waals surface area contributed by atoms with Crippen molar-refractivity contribution in [3.8, 4) is 0 Å². The Hall–Kier alpha value is -0.790. The summed E-state index contributed by atoms with van der Waals surface area (Å²) in [5.41, 5.74) is 4.78. The smallest absolute Gasteiger partial charge is 0.266 e. The average Bonchev–Trinajstić information content (AvgIpc) is 2.51. The summed E-state index contributed by atoms with van der Waals surface area (Å²) < 4.78 is 27.3. The predicted octanol–water partition coefficient (Wildman–Crippen LogP) is -0.0946. The minimum Gasteiger partial charge on any atom is -0.362 e. The standard InChI is InChI=1S/C7H14N2.C2H7NO3S/c1-3-4-9-6-5-8(2)7-9;3-1-2-7(4,5)6/h5-6H,3-4,7H2,1-2H3;1-3H2,(H,4,5,6). The largest absolute Gasteiger partial charge is 0.362 e. The van der Waals surface area contributed by atoms with E-state index in [2.05, 4.69) is 36.2 Å². The molecular weight excluding hydrogens is 230 g/mol. The Bertz CT molecular complexity index is 303. The third-order valence-corrected chi connectivity index (χ3v) is 2.57. The molecule has 96 valence electrons. The van der Waals surface area contributed by atoms with Crippen molar-refractivity contribution in [2.75, 3.05) is 32.6 Å². The molecule has 3 N–H and O–H groups in total. The van der Waals surface area contributed by atoms with Gasteiger partial charge in [-0.05, 0) is 6.42 Å². The molecule has 1 heterocycles. The van der Waals surface area contributed by atoms with E-state index >= 15 is 0 Å². The molecule has 0 bridgehead atoms. The molecule has 0 atom stereocenters. The zero-order valence-electron chi connectivity index (χ0n) is 9.83. The van der Waals surface area contributed by atoms with Gasteiger partial charge in [0.1, 0.15) is 0 Å². The fraction of sp³-hybridized carbons (Fsp3) is 0.778. The van der Waals surface area contributed by atoms with Crippen molar-refractivity contribution in [2.24, 2.45) is 5.73 Å². The van der Waals surface area contributed by atoms with Gasteiger partial charge in [-0.25, -0.2) is 0 Å². The molecule has 7 heteroatoms. The van der Waals surface area contributed by atoms with Gasteiger partial charge in [-0.3, -0.25) is 4.55 Å². The van der Waals surface area contributed by atoms with Crippen LogP contribution in [0.5, 0.6) is 0 Å². The maximum atomic E-state index is 9.71. The number of nitrogens with zero attached hydrogens (tertiary/aromatic N) is 2. The molecule has 0 spiro atoms. The van der Waals surface area contributed by atoms with Crippen LogP contribution in [0.4, 0.5) is 0 Å². The zero-order chi connectivity index (χ0) is 12.6. The first-order valence-electron chi connectivity index (χ1n) is 5.17. The van der Waals surface area contributed by atoms with Gasteiger partial charge >= 0.3 is 0 Å². The van der Waals surface area contributed by atoms with Crippen molar-refractivity contribution in [3.63, 3.8) is 0 Å². The molecule has 1 aliphatic heterocycles. The second-order valence-corrected chi connectivity index (χ2v) is 5.16. The van der Waals surface area contributed by atoms with Crippen molar-refractivity contribution in [1.82, 2.24) is 9.80 Å². The molecule has 0 aromatic rings. The summed E-state index contributed by atoms with van der Waals surface area (Å²) >= 11 is 0. The van der Waals surface area contributed by atoms with E-state index in [0.29, 0.717) is 0 Å². The van der Waals surface area contributed by atoms with Gasteiger partial charge < -0.3 is 15.5 Å². The van der Waals surface area contributed by atoms with Gasteiger partial charge in [0.25, 0.3) is 10.1 Å². The molecule has 16 heavy (non-hydrogen) atoms. The third kappa shape index (κ3) is 8.51. The highest BCUT2D eigenvalue weighted by Crippen LogP contribution is 2.02. The first kappa shape index (κ1) is 15.2. The molecule has 0 amide bonds. The quantitative estimate of drug-likeness (QED) is 0.679. The van der Waals surface area contributed by atoms with Crippen LogP contribution in [0, 0.1) is 0 Å². The number of hydrogen-bond donors (Lipinski definition) is 2. The van der Waals surface area contributed by atoms with Gasteiger partial charge in [0.05, 0.1) is 12.4 Å². The van der Waals surface area contributed by atoms with Crippen molar-refractivity contribution in [1.29, 1.82) is 0 Å². The Labute approximate surface area is 97.5 Å². The van der Waals surface area contributed by atoms with Gasteiger partial charge in [-0.2, -0.15) is 8.42 Å². The highest BCUT2D eigenvalue weighted by atomic mass is 32.2. The molecule has 1 aliphatic rings.